The van der Waals surface area contributed by atoms with Crippen molar-refractivity contribution < 1.29 is 14.4 Å². The monoisotopic (exact) mass is 428 g/mol. The van der Waals surface area contributed by atoms with Crippen LogP contribution in [0.3, 0.4) is 0 Å². The molecule has 0 saturated heterocycles. The summed E-state index contributed by atoms with van der Waals surface area (Å²) < 4.78 is 0.990. The second-order valence-corrected chi connectivity index (χ2v) is 7.88. The molecule has 0 spiro atoms. The Hall–Kier alpha value is -1.78. The van der Waals surface area contributed by atoms with Crippen molar-refractivity contribution in [2.45, 2.75) is 25.3 Å². The second kappa shape index (κ2) is 7.41. The molecule has 2 heterocycles. The number of hydrogen-bond donors (Lipinski definition) is 3. The van der Waals surface area contributed by atoms with Gasteiger partial charge in [-0.1, -0.05) is 0 Å². The molecule has 1 aliphatic rings. The summed E-state index contributed by atoms with van der Waals surface area (Å²) in [6, 6.07) is 2.05. The largest absolute Gasteiger partial charge is 0.345 e. The lowest BCUT2D eigenvalue weighted by molar-refractivity contribution is -0.140. The van der Waals surface area contributed by atoms with Gasteiger partial charge in [-0.3, -0.25) is 25.2 Å². The van der Waals surface area contributed by atoms with Gasteiger partial charge in [0.2, 0.25) is 5.91 Å². The molecule has 2 aromatic rings. The molecule has 3 amide bonds. The molecule has 0 atom stereocenters. The van der Waals surface area contributed by atoms with E-state index < -0.39 is 17.7 Å². The van der Waals surface area contributed by atoms with E-state index in [0.29, 0.717) is 5.69 Å². The lowest BCUT2D eigenvalue weighted by atomic mass is 10.3. The predicted molar refractivity (Wildman–Crippen MR) is 94.3 cm³/mol. The normalized spacial score (nSPS) is 13.4. The van der Waals surface area contributed by atoms with E-state index in [1.807, 2.05) is 11.4 Å². The van der Waals surface area contributed by atoms with E-state index in [0.717, 1.165) is 27.2 Å². The molecule has 0 bridgehead atoms. The van der Waals surface area contributed by atoms with Crippen molar-refractivity contribution in [3.8, 4) is 9.88 Å². The fourth-order valence-corrected chi connectivity index (χ4v) is 4.12. The Balaban J connectivity index is 1.47. The van der Waals surface area contributed by atoms with Crippen LogP contribution >= 0.6 is 38.6 Å². The number of nitrogens with zero attached hydrogens (tertiary/aromatic N) is 1. The number of aromatic nitrogens is 1. The van der Waals surface area contributed by atoms with Crippen LogP contribution in [-0.2, 0) is 20.8 Å². The molecule has 1 fully saturated rings. The van der Waals surface area contributed by atoms with E-state index in [-0.39, 0.29) is 12.5 Å². The third kappa shape index (κ3) is 4.62. The quantitative estimate of drug-likeness (QED) is 0.508. The highest BCUT2D eigenvalue weighted by molar-refractivity contribution is 9.10. The first kappa shape index (κ1) is 17.1. The van der Waals surface area contributed by atoms with E-state index in [1.54, 1.807) is 16.7 Å². The van der Waals surface area contributed by atoms with Gasteiger partial charge >= 0.3 is 11.8 Å². The summed E-state index contributed by atoms with van der Waals surface area (Å²) in [5.74, 6) is -2.05. The van der Waals surface area contributed by atoms with Gasteiger partial charge in [-0.2, -0.15) is 0 Å². The Morgan fingerprint density at radius 3 is 2.62 bits per heavy atom. The third-order valence-corrected chi connectivity index (χ3v) is 5.86. The van der Waals surface area contributed by atoms with Crippen LogP contribution in [-0.4, -0.2) is 28.7 Å². The molecular formula is C14H13BrN4O3S2. The van der Waals surface area contributed by atoms with Crippen LogP contribution in [0.4, 0.5) is 0 Å². The van der Waals surface area contributed by atoms with Gasteiger partial charge in [0.1, 0.15) is 5.01 Å². The van der Waals surface area contributed by atoms with E-state index in [4.69, 9.17) is 0 Å². The number of hydrazine groups is 1. The predicted octanol–water partition coefficient (Wildman–Crippen LogP) is 1.60. The Bertz CT molecular complexity index is 785. The molecule has 0 unspecified atom stereocenters. The van der Waals surface area contributed by atoms with Crippen LogP contribution in [0.5, 0.6) is 0 Å². The number of rotatable bonds is 4. The first-order valence-corrected chi connectivity index (χ1v) is 9.65. The van der Waals surface area contributed by atoms with Crippen molar-refractivity contribution in [1.82, 2.24) is 21.2 Å². The van der Waals surface area contributed by atoms with Crippen molar-refractivity contribution in [2.24, 2.45) is 0 Å². The third-order valence-electron chi connectivity index (χ3n) is 3.11. The highest BCUT2D eigenvalue weighted by Crippen LogP contribution is 2.32. The van der Waals surface area contributed by atoms with Crippen molar-refractivity contribution >= 4 is 56.3 Å². The van der Waals surface area contributed by atoms with Gasteiger partial charge in [0.15, 0.2) is 0 Å². The van der Waals surface area contributed by atoms with E-state index >= 15 is 0 Å². The van der Waals surface area contributed by atoms with Gasteiger partial charge in [0.25, 0.3) is 0 Å². The molecule has 1 aliphatic carbocycles. The topological polar surface area (TPSA) is 100 Å². The number of carbonyl (C=O) groups excluding carboxylic acids is 3. The summed E-state index contributed by atoms with van der Waals surface area (Å²) in [7, 11) is 0. The minimum absolute atomic E-state index is 0.0214. The van der Waals surface area contributed by atoms with Crippen LogP contribution < -0.4 is 16.2 Å². The number of nitrogens with one attached hydrogen (secondary N) is 3. The highest BCUT2D eigenvalue weighted by Gasteiger charge is 2.26. The Morgan fingerprint density at radius 2 is 1.96 bits per heavy atom. The molecule has 126 valence electrons. The van der Waals surface area contributed by atoms with E-state index in [1.165, 1.54) is 11.3 Å². The molecule has 2 aromatic heterocycles. The maximum atomic E-state index is 11.8. The van der Waals surface area contributed by atoms with E-state index in [9.17, 15) is 14.4 Å². The average molecular weight is 429 g/mol. The molecule has 10 heteroatoms. The fourth-order valence-electron chi connectivity index (χ4n) is 1.80. The standard InChI is InChI=1S/C14H13BrN4O3S2/c15-7-3-10(23-5-7)14-17-9(6-24-14)4-11(20)18-19-13(22)12(21)16-8-1-2-8/h3,5-6,8H,1-2,4H2,(H,16,21)(H,18,20)(H,19,22). The molecule has 7 nitrogen and oxygen atoms in total. The van der Waals surface area contributed by atoms with Gasteiger partial charge < -0.3 is 5.32 Å². The summed E-state index contributed by atoms with van der Waals surface area (Å²) in [5, 5.41) is 7.13. The zero-order chi connectivity index (χ0) is 17.1. The Kier molecular flexibility index (Phi) is 5.27. The van der Waals surface area contributed by atoms with Crippen LogP contribution in [0, 0.1) is 0 Å². The van der Waals surface area contributed by atoms with Crippen LogP contribution in [0.2, 0.25) is 0 Å². The number of amides is 3. The fraction of sp³-hybridized carbons (Fsp3) is 0.286. The zero-order valence-corrected chi connectivity index (χ0v) is 15.5. The highest BCUT2D eigenvalue weighted by atomic mass is 79.9. The van der Waals surface area contributed by atoms with Crippen molar-refractivity contribution in [3.63, 3.8) is 0 Å². The molecule has 3 N–H and O–H groups in total. The van der Waals surface area contributed by atoms with Gasteiger partial charge in [0, 0.05) is 21.3 Å². The molecular weight excluding hydrogens is 416 g/mol. The van der Waals surface area contributed by atoms with Crippen molar-refractivity contribution in [2.75, 3.05) is 0 Å². The van der Waals surface area contributed by atoms with Crippen molar-refractivity contribution in [1.29, 1.82) is 0 Å². The van der Waals surface area contributed by atoms with Gasteiger partial charge in [-0.05, 0) is 34.8 Å². The average Bonchev–Trinajstić information content (AvgIpc) is 3.06. The number of halogens is 1. The number of hydrogen-bond acceptors (Lipinski definition) is 6. The first-order chi connectivity index (χ1) is 11.5. The SMILES string of the molecule is O=C(Cc1csc(-c2cc(Br)cs2)n1)NNC(=O)C(=O)NC1CC1. The van der Waals surface area contributed by atoms with Crippen LogP contribution in [0.25, 0.3) is 9.88 Å². The summed E-state index contributed by atoms with van der Waals surface area (Å²) in [4.78, 5) is 40.2. The maximum absolute atomic E-state index is 11.8. The molecule has 0 aliphatic heterocycles. The minimum atomic E-state index is -0.877. The first-order valence-electron chi connectivity index (χ1n) is 7.10. The number of thiazole rings is 1. The lowest BCUT2D eigenvalue weighted by Gasteiger charge is -2.06. The van der Waals surface area contributed by atoms with Crippen LogP contribution in [0.1, 0.15) is 18.5 Å². The smallest absolute Gasteiger partial charge is 0.327 e. The zero-order valence-electron chi connectivity index (χ0n) is 12.3. The molecule has 1 saturated carbocycles. The summed E-state index contributed by atoms with van der Waals surface area (Å²) in [6.07, 6.45) is 1.80. The maximum Gasteiger partial charge on any atom is 0.327 e. The number of carbonyl (C=O) groups is 3. The van der Waals surface area contributed by atoms with Gasteiger partial charge in [0.05, 0.1) is 17.0 Å². The van der Waals surface area contributed by atoms with Crippen LogP contribution in [0.15, 0.2) is 21.3 Å². The molecule has 0 aromatic carbocycles. The molecule has 0 radical (unpaired) electrons. The van der Waals surface area contributed by atoms with Gasteiger partial charge in [-0.15, -0.1) is 22.7 Å². The molecule has 3 rings (SSSR count). The van der Waals surface area contributed by atoms with E-state index in [2.05, 4.69) is 37.1 Å². The summed E-state index contributed by atoms with van der Waals surface area (Å²) in [5.41, 5.74) is 4.92. The Morgan fingerprint density at radius 1 is 1.17 bits per heavy atom. The number of thiophene rings is 1. The molecule has 24 heavy (non-hydrogen) atoms. The summed E-state index contributed by atoms with van der Waals surface area (Å²) in [6.45, 7) is 0. The summed E-state index contributed by atoms with van der Waals surface area (Å²) >= 11 is 6.40. The van der Waals surface area contributed by atoms with Crippen molar-refractivity contribution in [3.05, 3.63) is 27.0 Å². The minimum Gasteiger partial charge on any atom is -0.345 e. The second-order valence-electron chi connectivity index (χ2n) is 5.20. The lowest BCUT2D eigenvalue weighted by Crippen LogP contribution is -2.49. The Labute approximate surface area is 154 Å². The van der Waals surface area contributed by atoms with Gasteiger partial charge in [-0.25, -0.2) is 4.98 Å².